The molecule has 106 valence electrons. The molecule has 1 aromatic heterocycles. The molecular formula is C17H22N2S. The second kappa shape index (κ2) is 4.97. The average molecular weight is 286 g/mol. The molecule has 0 bridgehead atoms. The molecule has 20 heavy (non-hydrogen) atoms. The van der Waals surface area contributed by atoms with Gasteiger partial charge in [-0.3, -0.25) is 0 Å². The Kier molecular flexibility index (Phi) is 3.43. The third-order valence-corrected chi connectivity index (χ3v) is 5.42. The molecule has 2 nitrogen and oxygen atoms in total. The zero-order valence-electron chi connectivity index (χ0n) is 12.7. The quantitative estimate of drug-likeness (QED) is 0.923. The lowest BCUT2D eigenvalue weighted by molar-refractivity contribution is 0.432. The van der Waals surface area contributed by atoms with Crippen molar-refractivity contribution >= 4 is 11.3 Å². The number of hydrogen-bond acceptors (Lipinski definition) is 3. The lowest BCUT2D eigenvalue weighted by Crippen LogP contribution is -2.39. The number of nitrogens with zero attached hydrogens (tertiary/aromatic N) is 1. The number of rotatable bonds is 3. The summed E-state index contributed by atoms with van der Waals surface area (Å²) < 4.78 is 0. The van der Waals surface area contributed by atoms with Crippen LogP contribution < -0.4 is 5.32 Å². The molecule has 1 unspecified atom stereocenters. The minimum absolute atomic E-state index is 0.0842. The van der Waals surface area contributed by atoms with Gasteiger partial charge in [-0.2, -0.15) is 0 Å². The summed E-state index contributed by atoms with van der Waals surface area (Å²) in [4.78, 5) is 4.92. The smallest absolute Gasteiger partial charge is 0.118 e. The molecule has 0 radical (unpaired) electrons. The summed E-state index contributed by atoms with van der Waals surface area (Å²) in [7, 11) is 2.06. The number of aryl methyl sites for hydroxylation is 2. The number of thiazole rings is 1. The van der Waals surface area contributed by atoms with Crippen molar-refractivity contribution in [2.24, 2.45) is 0 Å². The van der Waals surface area contributed by atoms with Crippen LogP contribution in [0, 0.1) is 6.92 Å². The topological polar surface area (TPSA) is 24.9 Å². The van der Waals surface area contributed by atoms with Gasteiger partial charge in [-0.1, -0.05) is 37.6 Å². The van der Waals surface area contributed by atoms with Gasteiger partial charge in [0.2, 0.25) is 0 Å². The van der Waals surface area contributed by atoms with Gasteiger partial charge in [-0.05, 0) is 43.9 Å². The highest BCUT2D eigenvalue weighted by atomic mass is 32.1. The molecule has 0 aliphatic heterocycles. The molecule has 2 aromatic rings. The Morgan fingerprint density at radius 1 is 1.35 bits per heavy atom. The molecule has 0 saturated heterocycles. The molecule has 1 aromatic carbocycles. The third kappa shape index (κ3) is 2.00. The first kappa shape index (κ1) is 13.8. The standard InChI is InChI=1S/C17H22N2S/c1-11(2)15-10-20-16(19-15)17(18-4)8-7-13-6-5-12(3)9-14(13)17/h5-6,9-11,18H,7-8H2,1-4H3. The zero-order chi connectivity index (χ0) is 14.3. The monoisotopic (exact) mass is 286 g/mol. The fourth-order valence-corrected chi connectivity index (χ4v) is 4.33. The molecule has 1 aliphatic carbocycles. The van der Waals surface area contributed by atoms with E-state index in [1.165, 1.54) is 27.4 Å². The number of aromatic nitrogens is 1. The van der Waals surface area contributed by atoms with Crippen molar-refractivity contribution in [3.8, 4) is 0 Å². The van der Waals surface area contributed by atoms with Gasteiger partial charge in [0.25, 0.3) is 0 Å². The van der Waals surface area contributed by atoms with Crippen molar-refractivity contribution in [2.45, 2.75) is 45.1 Å². The van der Waals surface area contributed by atoms with Crippen molar-refractivity contribution in [1.82, 2.24) is 10.3 Å². The van der Waals surface area contributed by atoms with Crippen LogP contribution in [-0.2, 0) is 12.0 Å². The van der Waals surface area contributed by atoms with Crippen molar-refractivity contribution in [1.29, 1.82) is 0 Å². The first-order chi connectivity index (χ1) is 9.56. The summed E-state index contributed by atoms with van der Waals surface area (Å²) >= 11 is 1.79. The molecule has 1 atom stereocenters. The van der Waals surface area contributed by atoms with Crippen LogP contribution in [-0.4, -0.2) is 12.0 Å². The van der Waals surface area contributed by atoms with E-state index in [0.29, 0.717) is 5.92 Å². The highest BCUT2D eigenvalue weighted by molar-refractivity contribution is 7.09. The lowest BCUT2D eigenvalue weighted by atomic mass is 9.91. The van der Waals surface area contributed by atoms with Gasteiger partial charge in [0.05, 0.1) is 11.2 Å². The van der Waals surface area contributed by atoms with Crippen molar-refractivity contribution in [3.05, 3.63) is 51.0 Å². The minimum atomic E-state index is -0.0842. The number of benzene rings is 1. The Labute approximate surface area is 125 Å². The highest BCUT2D eigenvalue weighted by Crippen LogP contribution is 2.43. The summed E-state index contributed by atoms with van der Waals surface area (Å²) in [6.45, 7) is 6.58. The lowest BCUT2D eigenvalue weighted by Gasteiger charge is -2.28. The number of fused-ring (bicyclic) bond motifs is 1. The maximum Gasteiger partial charge on any atom is 0.118 e. The van der Waals surface area contributed by atoms with Gasteiger partial charge >= 0.3 is 0 Å². The fourth-order valence-electron chi connectivity index (χ4n) is 3.10. The van der Waals surface area contributed by atoms with Crippen LogP contribution >= 0.6 is 11.3 Å². The molecule has 0 spiro atoms. The van der Waals surface area contributed by atoms with Crippen LogP contribution in [0.4, 0.5) is 0 Å². The van der Waals surface area contributed by atoms with Crippen molar-refractivity contribution < 1.29 is 0 Å². The fraction of sp³-hybridized carbons (Fsp3) is 0.471. The SMILES string of the molecule is CNC1(c2nc(C(C)C)cs2)CCc2ccc(C)cc21. The van der Waals surface area contributed by atoms with E-state index in [1.807, 2.05) is 0 Å². The summed E-state index contributed by atoms with van der Waals surface area (Å²) in [5.74, 6) is 0.493. The predicted molar refractivity (Wildman–Crippen MR) is 85.5 cm³/mol. The molecular weight excluding hydrogens is 264 g/mol. The Morgan fingerprint density at radius 3 is 2.80 bits per heavy atom. The third-order valence-electron chi connectivity index (χ3n) is 4.40. The number of hydrogen-bond donors (Lipinski definition) is 1. The Balaban J connectivity index is 2.12. The average Bonchev–Trinajstić information content (AvgIpc) is 3.03. The molecule has 1 heterocycles. The van der Waals surface area contributed by atoms with Crippen LogP contribution in [0.5, 0.6) is 0 Å². The first-order valence-electron chi connectivity index (χ1n) is 7.31. The van der Waals surface area contributed by atoms with Crippen LogP contribution in [0.3, 0.4) is 0 Å². The van der Waals surface area contributed by atoms with Crippen LogP contribution in [0.1, 0.15) is 53.6 Å². The molecule has 1 aliphatic rings. The van der Waals surface area contributed by atoms with Crippen LogP contribution in [0.2, 0.25) is 0 Å². The molecule has 3 heteroatoms. The van der Waals surface area contributed by atoms with E-state index in [1.54, 1.807) is 11.3 Å². The van der Waals surface area contributed by atoms with E-state index in [4.69, 9.17) is 4.98 Å². The minimum Gasteiger partial charge on any atom is -0.305 e. The summed E-state index contributed by atoms with van der Waals surface area (Å²) in [5.41, 5.74) is 5.33. The molecule has 0 fully saturated rings. The van der Waals surface area contributed by atoms with E-state index >= 15 is 0 Å². The molecule has 0 saturated carbocycles. The number of nitrogens with one attached hydrogen (secondary N) is 1. The van der Waals surface area contributed by atoms with Gasteiger partial charge in [0, 0.05) is 5.38 Å². The van der Waals surface area contributed by atoms with Gasteiger partial charge in [-0.25, -0.2) is 4.98 Å². The maximum absolute atomic E-state index is 4.92. The van der Waals surface area contributed by atoms with E-state index in [2.05, 4.69) is 56.7 Å². The Morgan fingerprint density at radius 2 is 2.15 bits per heavy atom. The zero-order valence-corrected chi connectivity index (χ0v) is 13.5. The summed E-state index contributed by atoms with van der Waals surface area (Å²) in [6, 6.07) is 6.82. The van der Waals surface area contributed by atoms with E-state index in [-0.39, 0.29) is 5.54 Å². The van der Waals surface area contributed by atoms with E-state index in [9.17, 15) is 0 Å². The molecule has 0 amide bonds. The first-order valence-corrected chi connectivity index (χ1v) is 8.19. The van der Waals surface area contributed by atoms with Gasteiger partial charge in [0.1, 0.15) is 5.01 Å². The maximum atomic E-state index is 4.92. The van der Waals surface area contributed by atoms with Gasteiger partial charge in [0.15, 0.2) is 0 Å². The second-order valence-corrected chi connectivity index (χ2v) is 6.91. The van der Waals surface area contributed by atoms with Crippen molar-refractivity contribution in [3.63, 3.8) is 0 Å². The van der Waals surface area contributed by atoms with Crippen LogP contribution in [0.15, 0.2) is 23.6 Å². The summed E-state index contributed by atoms with van der Waals surface area (Å²) in [5, 5.41) is 7.01. The van der Waals surface area contributed by atoms with E-state index in [0.717, 1.165) is 12.8 Å². The van der Waals surface area contributed by atoms with Gasteiger partial charge in [-0.15, -0.1) is 11.3 Å². The normalized spacial score (nSPS) is 21.4. The second-order valence-electron chi connectivity index (χ2n) is 6.05. The molecule has 1 N–H and O–H groups in total. The Hall–Kier alpha value is -1.19. The van der Waals surface area contributed by atoms with Gasteiger partial charge < -0.3 is 5.32 Å². The molecule has 3 rings (SSSR count). The highest BCUT2D eigenvalue weighted by Gasteiger charge is 2.41. The predicted octanol–water partition coefficient (Wildman–Crippen LogP) is 3.98. The summed E-state index contributed by atoms with van der Waals surface area (Å²) in [6.07, 6.45) is 2.24. The van der Waals surface area contributed by atoms with Crippen LogP contribution in [0.25, 0.3) is 0 Å². The Bertz CT molecular complexity index is 630. The van der Waals surface area contributed by atoms with Crippen molar-refractivity contribution in [2.75, 3.05) is 7.05 Å². The van der Waals surface area contributed by atoms with E-state index < -0.39 is 0 Å². The largest absolute Gasteiger partial charge is 0.305 e.